The maximum absolute atomic E-state index is 12.6. The first-order valence-corrected chi connectivity index (χ1v) is 10.9. The molecule has 1 rings (SSSR count). The molecule has 26 heavy (non-hydrogen) atoms. The average molecular weight is 444 g/mol. The van der Waals surface area contributed by atoms with Crippen LogP contribution in [0.3, 0.4) is 0 Å². The van der Waals surface area contributed by atoms with Crippen LogP contribution in [0.1, 0.15) is 41.0 Å². The molecular weight excluding hydrogens is 421 g/mol. The Balaban J connectivity index is 3.10. The van der Waals surface area contributed by atoms with E-state index in [0.29, 0.717) is 0 Å². The molecular formula is C15H23Cl2N3O4S2. The zero-order valence-corrected chi connectivity index (χ0v) is 18.3. The third-order valence-electron chi connectivity index (χ3n) is 2.90. The maximum Gasteiger partial charge on any atom is 0.408 e. The fraction of sp³-hybridized carbons (Fsp3) is 0.600. The second-order valence-corrected chi connectivity index (χ2v) is 10.6. The molecule has 0 aromatic carbocycles. The number of nitrogens with one attached hydrogen (secondary N) is 1. The number of thiophene rings is 1. The first-order valence-electron chi connectivity index (χ1n) is 7.73. The molecule has 2 atom stereocenters. The van der Waals surface area contributed by atoms with Gasteiger partial charge in [-0.05, 0) is 33.1 Å². The Hall–Kier alpha value is -0.870. The highest BCUT2D eigenvalue weighted by molar-refractivity contribution is 7.92. The fourth-order valence-electron chi connectivity index (χ4n) is 1.89. The number of rotatable bonds is 5. The lowest BCUT2D eigenvalue weighted by Gasteiger charge is -2.23. The van der Waals surface area contributed by atoms with Crippen molar-refractivity contribution in [2.75, 3.05) is 0 Å². The van der Waals surface area contributed by atoms with Gasteiger partial charge in [0.05, 0.1) is 9.92 Å². The Kier molecular flexibility index (Phi) is 7.91. The number of alkyl carbamates (subject to hydrolysis) is 1. The molecule has 11 heteroatoms. The van der Waals surface area contributed by atoms with E-state index >= 15 is 0 Å². The van der Waals surface area contributed by atoms with Crippen LogP contribution in [-0.2, 0) is 19.4 Å². The number of ether oxygens (including phenoxy) is 1. The van der Waals surface area contributed by atoms with Gasteiger partial charge in [0.2, 0.25) is 0 Å². The molecule has 148 valence electrons. The number of carbonyl (C=O) groups is 2. The fourth-order valence-corrected chi connectivity index (χ4v) is 4.92. The number of amides is 2. The lowest BCUT2D eigenvalue weighted by atomic mass is 10.0. The van der Waals surface area contributed by atoms with E-state index in [-0.39, 0.29) is 26.6 Å². The summed E-state index contributed by atoms with van der Waals surface area (Å²) in [4.78, 5) is 24.5. The molecule has 2 amide bonds. The number of carbonyl (C=O) groups excluding carboxylic acids is 2. The lowest BCUT2D eigenvalue weighted by Crippen LogP contribution is -2.44. The minimum absolute atomic E-state index is 0.00114. The third-order valence-corrected chi connectivity index (χ3v) is 6.38. The second kappa shape index (κ2) is 8.88. The van der Waals surface area contributed by atoms with Gasteiger partial charge in [0.25, 0.3) is 5.91 Å². The van der Waals surface area contributed by atoms with Crippen LogP contribution in [-0.4, -0.2) is 27.9 Å². The van der Waals surface area contributed by atoms with Crippen molar-refractivity contribution in [1.82, 2.24) is 5.32 Å². The van der Waals surface area contributed by atoms with Crippen LogP contribution in [0.15, 0.2) is 14.6 Å². The average Bonchev–Trinajstić information content (AvgIpc) is 2.75. The van der Waals surface area contributed by atoms with Crippen molar-refractivity contribution in [1.29, 1.82) is 0 Å². The first-order chi connectivity index (χ1) is 11.7. The minimum atomic E-state index is -3.59. The summed E-state index contributed by atoms with van der Waals surface area (Å²) in [6.07, 6.45) is -0.498. The molecule has 0 saturated heterocycles. The van der Waals surface area contributed by atoms with Gasteiger partial charge in [-0.3, -0.25) is 4.79 Å². The van der Waals surface area contributed by atoms with Gasteiger partial charge in [-0.25, -0.2) is 14.1 Å². The summed E-state index contributed by atoms with van der Waals surface area (Å²) in [6.45, 7) is 8.83. The van der Waals surface area contributed by atoms with E-state index in [9.17, 15) is 13.8 Å². The number of hydrogen-bond donors (Lipinski definition) is 2. The normalized spacial score (nSPS) is 15.3. The van der Waals surface area contributed by atoms with E-state index in [1.165, 1.54) is 5.38 Å². The highest BCUT2D eigenvalue weighted by atomic mass is 35.5. The van der Waals surface area contributed by atoms with E-state index in [1.807, 2.05) is 13.8 Å². The minimum Gasteiger partial charge on any atom is -0.444 e. The van der Waals surface area contributed by atoms with Gasteiger partial charge in [-0.15, -0.1) is 15.7 Å². The molecule has 0 aliphatic heterocycles. The molecule has 1 aromatic heterocycles. The SMILES string of the molecule is CC(C)C[C@H](NC(=O)OC(C)(C)C)C(=O)N=S(N)(=O)c1csc(Cl)c1Cl. The van der Waals surface area contributed by atoms with Crippen molar-refractivity contribution in [2.24, 2.45) is 15.4 Å². The quantitative estimate of drug-likeness (QED) is 0.708. The van der Waals surface area contributed by atoms with E-state index in [2.05, 4.69) is 9.68 Å². The third kappa shape index (κ3) is 7.03. The highest BCUT2D eigenvalue weighted by Crippen LogP contribution is 2.35. The second-order valence-electron chi connectivity index (χ2n) is 7.01. The standard InChI is InChI=1S/C15H23Cl2N3O4S2/c1-8(2)6-9(19-14(22)24-15(3,4)5)13(21)20-26(18,23)10-7-25-12(17)11(10)16/h7-9H,6H2,1-5H3,(H,19,22)(H2,18,20,21,23)/t9-,26?/m0/s1. The highest BCUT2D eigenvalue weighted by Gasteiger charge is 2.27. The molecule has 0 aliphatic rings. The summed E-state index contributed by atoms with van der Waals surface area (Å²) in [5.41, 5.74) is -0.727. The predicted molar refractivity (Wildman–Crippen MR) is 105 cm³/mol. The largest absolute Gasteiger partial charge is 0.444 e. The van der Waals surface area contributed by atoms with Crippen LogP contribution in [0.5, 0.6) is 0 Å². The molecule has 0 spiro atoms. The van der Waals surface area contributed by atoms with Crippen molar-refractivity contribution in [3.63, 3.8) is 0 Å². The van der Waals surface area contributed by atoms with Gasteiger partial charge >= 0.3 is 6.09 Å². The topological polar surface area (TPSA) is 111 Å². The Morgan fingerprint density at radius 3 is 2.38 bits per heavy atom. The van der Waals surface area contributed by atoms with Crippen LogP contribution >= 0.6 is 34.5 Å². The van der Waals surface area contributed by atoms with Crippen LogP contribution in [0.4, 0.5) is 4.79 Å². The van der Waals surface area contributed by atoms with Crippen molar-refractivity contribution in [2.45, 2.75) is 57.6 Å². The van der Waals surface area contributed by atoms with Crippen LogP contribution < -0.4 is 10.5 Å². The molecule has 1 unspecified atom stereocenters. The van der Waals surface area contributed by atoms with Crippen molar-refractivity contribution < 1.29 is 18.5 Å². The molecule has 3 N–H and O–H groups in total. The van der Waals surface area contributed by atoms with Crippen molar-refractivity contribution in [3.8, 4) is 0 Å². The molecule has 0 saturated carbocycles. The maximum atomic E-state index is 12.6. The first kappa shape index (κ1) is 23.2. The Morgan fingerprint density at radius 1 is 1.38 bits per heavy atom. The predicted octanol–water partition coefficient (Wildman–Crippen LogP) is 4.22. The molecule has 0 radical (unpaired) electrons. The van der Waals surface area contributed by atoms with Crippen LogP contribution in [0.2, 0.25) is 9.36 Å². The monoisotopic (exact) mass is 443 g/mol. The molecule has 0 bridgehead atoms. The summed E-state index contributed by atoms with van der Waals surface area (Å²) in [7, 11) is -3.59. The Labute approximate surface area is 167 Å². The van der Waals surface area contributed by atoms with Gasteiger partial charge in [0.15, 0.2) is 0 Å². The Bertz CT molecular complexity index is 793. The van der Waals surface area contributed by atoms with Gasteiger partial charge in [-0.1, -0.05) is 37.0 Å². The summed E-state index contributed by atoms with van der Waals surface area (Å²) in [5, 5.41) is 9.56. The zero-order chi connectivity index (χ0) is 20.3. The summed E-state index contributed by atoms with van der Waals surface area (Å²) < 4.78 is 21.6. The molecule has 0 aliphatic carbocycles. The smallest absolute Gasteiger partial charge is 0.408 e. The molecule has 1 heterocycles. The van der Waals surface area contributed by atoms with E-state index in [1.54, 1.807) is 20.8 Å². The summed E-state index contributed by atoms with van der Waals surface area (Å²) in [6, 6.07) is -1.03. The van der Waals surface area contributed by atoms with E-state index < -0.39 is 33.6 Å². The zero-order valence-electron chi connectivity index (χ0n) is 15.2. The number of halogens is 2. The van der Waals surface area contributed by atoms with Crippen molar-refractivity contribution >= 4 is 56.5 Å². The van der Waals surface area contributed by atoms with Crippen LogP contribution in [0.25, 0.3) is 0 Å². The van der Waals surface area contributed by atoms with E-state index in [0.717, 1.165) is 11.3 Å². The van der Waals surface area contributed by atoms with Gasteiger partial charge in [-0.2, -0.15) is 0 Å². The summed E-state index contributed by atoms with van der Waals surface area (Å²) in [5.74, 6) is -0.766. The lowest BCUT2D eigenvalue weighted by molar-refractivity contribution is -0.120. The van der Waals surface area contributed by atoms with E-state index in [4.69, 9.17) is 33.1 Å². The van der Waals surface area contributed by atoms with Gasteiger partial charge in [0, 0.05) is 5.38 Å². The van der Waals surface area contributed by atoms with Crippen molar-refractivity contribution in [3.05, 3.63) is 14.7 Å². The van der Waals surface area contributed by atoms with Gasteiger partial charge < -0.3 is 10.1 Å². The summed E-state index contributed by atoms with van der Waals surface area (Å²) >= 11 is 12.8. The number of nitrogens with two attached hydrogens (primary N) is 1. The molecule has 0 fully saturated rings. The van der Waals surface area contributed by atoms with Crippen LogP contribution in [0, 0.1) is 5.92 Å². The van der Waals surface area contributed by atoms with Gasteiger partial charge in [0.1, 0.15) is 25.9 Å². The number of nitrogens with zero attached hydrogens (tertiary/aromatic N) is 1. The Morgan fingerprint density at radius 2 is 1.96 bits per heavy atom. The molecule has 7 nitrogen and oxygen atoms in total. The number of hydrogen-bond acceptors (Lipinski definition) is 5. The molecule has 1 aromatic rings.